The van der Waals surface area contributed by atoms with Crippen molar-refractivity contribution < 1.29 is 9.53 Å². The molecule has 4 heteroatoms. The minimum atomic E-state index is -0.451. The van der Waals surface area contributed by atoms with E-state index in [2.05, 4.69) is 23.5 Å². The van der Waals surface area contributed by atoms with E-state index >= 15 is 0 Å². The molecule has 2 aromatic rings. The Bertz CT molecular complexity index is 638. The lowest BCUT2D eigenvalue weighted by molar-refractivity contribution is -0.127. The van der Waals surface area contributed by atoms with Crippen molar-refractivity contribution in [2.45, 2.75) is 38.2 Å². The molecule has 24 heavy (non-hydrogen) atoms. The topological polar surface area (TPSA) is 38.3 Å². The summed E-state index contributed by atoms with van der Waals surface area (Å²) < 4.78 is 5.88. The Morgan fingerprint density at radius 2 is 1.79 bits per heavy atom. The summed E-state index contributed by atoms with van der Waals surface area (Å²) in [5.41, 5.74) is 2.28. The Balaban J connectivity index is 1.80. The van der Waals surface area contributed by atoms with Crippen molar-refractivity contribution in [2.24, 2.45) is 0 Å². The van der Waals surface area contributed by atoms with Crippen LogP contribution >= 0.6 is 11.8 Å². The van der Waals surface area contributed by atoms with Crippen LogP contribution in [-0.4, -0.2) is 24.3 Å². The first-order valence-electron chi connectivity index (χ1n) is 8.29. The Hall–Kier alpha value is -1.94. The van der Waals surface area contributed by atoms with Crippen LogP contribution in [-0.2, 0) is 4.79 Å². The van der Waals surface area contributed by atoms with Gasteiger partial charge >= 0.3 is 0 Å². The highest BCUT2D eigenvalue weighted by Crippen LogP contribution is 2.19. The van der Waals surface area contributed by atoms with E-state index in [-0.39, 0.29) is 5.91 Å². The Labute approximate surface area is 148 Å². The highest BCUT2D eigenvalue weighted by molar-refractivity contribution is 7.99. The highest BCUT2D eigenvalue weighted by Gasteiger charge is 2.18. The summed E-state index contributed by atoms with van der Waals surface area (Å²) >= 11 is 1.73. The maximum Gasteiger partial charge on any atom is 0.261 e. The molecule has 2 rings (SSSR count). The Kier molecular flexibility index (Phi) is 7.19. The first-order valence-corrected chi connectivity index (χ1v) is 9.27. The third kappa shape index (κ3) is 5.93. The van der Waals surface area contributed by atoms with Gasteiger partial charge in [-0.3, -0.25) is 4.79 Å². The lowest BCUT2D eigenvalue weighted by atomic mass is 10.1. The number of rotatable bonds is 8. The molecule has 0 fully saturated rings. The van der Waals surface area contributed by atoms with Crippen molar-refractivity contribution in [1.82, 2.24) is 5.32 Å². The van der Waals surface area contributed by atoms with E-state index < -0.39 is 6.10 Å². The third-order valence-electron chi connectivity index (χ3n) is 3.55. The second kappa shape index (κ2) is 9.38. The number of amides is 1. The van der Waals surface area contributed by atoms with Gasteiger partial charge in [-0.1, -0.05) is 31.2 Å². The summed E-state index contributed by atoms with van der Waals surface area (Å²) in [5.74, 6) is 1.55. The zero-order chi connectivity index (χ0) is 17.4. The molecule has 0 radical (unpaired) electrons. The summed E-state index contributed by atoms with van der Waals surface area (Å²) in [5, 5.41) is 2.97. The van der Waals surface area contributed by atoms with Crippen LogP contribution in [0.5, 0.6) is 5.75 Å². The zero-order valence-electron chi connectivity index (χ0n) is 14.5. The second-order valence-corrected chi connectivity index (χ2v) is 6.96. The number of hydrogen-bond donors (Lipinski definition) is 1. The van der Waals surface area contributed by atoms with Gasteiger partial charge in [0, 0.05) is 17.2 Å². The van der Waals surface area contributed by atoms with Gasteiger partial charge in [-0.2, -0.15) is 0 Å². The molecule has 0 saturated carbocycles. The first-order chi connectivity index (χ1) is 11.6. The number of carbonyl (C=O) groups is 1. The largest absolute Gasteiger partial charge is 0.481 e. The van der Waals surface area contributed by atoms with E-state index in [1.54, 1.807) is 11.8 Å². The molecule has 0 aromatic heterocycles. The molecule has 3 nitrogen and oxygen atoms in total. The van der Waals surface area contributed by atoms with Gasteiger partial charge < -0.3 is 10.1 Å². The van der Waals surface area contributed by atoms with Crippen LogP contribution in [0.4, 0.5) is 0 Å². The SMILES string of the molecule is CC[C@H](Oc1cc(C)cc(C)c1)C(=O)NCCSc1ccccc1. The van der Waals surface area contributed by atoms with Crippen LogP contribution < -0.4 is 10.1 Å². The van der Waals surface area contributed by atoms with E-state index in [1.807, 2.05) is 51.1 Å². The first kappa shape index (κ1) is 18.4. The summed E-state index contributed by atoms with van der Waals surface area (Å²) in [6.45, 7) is 6.65. The van der Waals surface area contributed by atoms with Gasteiger partial charge in [0.25, 0.3) is 5.91 Å². The van der Waals surface area contributed by atoms with Crippen molar-refractivity contribution in [3.63, 3.8) is 0 Å². The molecule has 0 aliphatic heterocycles. The molecular weight excluding hydrogens is 318 g/mol. The summed E-state index contributed by atoms with van der Waals surface area (Å²) in [4.78, 5) is 13.5. The fourth-order valence-electron chi connectivity index (χ4n) is 2.46. The molecule has 1 amide bonds. The Morgan fingerprint density at radius 1 is 1.12 bits per heavy atom. The average molecular weight is 343 g/mol. The predicted octanol–water partition coefficient (Wildman–Crippen LogP) is 4.37. The lowest BCUT2D eigenvalue weighted by Gasteiger charge is -2.18. The maximum absolute atomic E-state index is 12.3. The van der Waals surface area contributed by atoms with Crippen molar-refractivity contribution in [1.29, 1.82) is 0 Å². The fraction of sp³-hybridized carbons (Fsp3) is 0.350. The standard InChI is InChI=1S/C20H25NO2S/c1-4-19(23-17-13-15(2)12-16(3)14-17)20(22)21-10-11-24-18-8-6-5-7-9-18/h5-9,12-14,19H,4,10-11H2,1-3H3,(H,21,22)/t19-/m0/s1. The van der Waals surface area contributed by atoms with E-state index in [9.17, 15) is 4.79 Å². The van der Waals surface area contributed by atoms with Crippen LogP contribution in [0.3, 0.4) is 0 Å². The average Bonchev–Trinajstić information content (AvgIpc) is 2.56. The van der Waals surface area contributed by atoms with Crippen LogP contribution in [0, 0.1) is 13.8 Å². The summed E-state index contributed by atoms with van der Waals surface area (Å²) in [6.07, 6.45) is 0.193. The van der Waals surface area contributed by atoms with E-state index in [4.69, 9.17) is 4.74 Å². The van der Waals surface area contributed by atoms with Gasteiger partial charge in [-0.05, 0) is 55.7 Å². The molecule has 0 spiro atoms. The summed E-state index contributed by atoms with van der Waals surface area (Å²) in [6, 6.07) is 16.2. The van der Waals surface area contributed by atoms with Crippen molar-refractivity contribution >= 4 is 17.7 Å². The van der Waals surface area contributed by atoms with E-state index in [0.717, 1.165) is 22.6 Å². The molecule has 0 saturated heterocycles. The molecule has 2 aromatic carbocycles. The number of ether oxygens (including phenoxy) is 1. The van der Waals surface area contributed by atoms with Crippen LogP contribution in [0.2, 0.25) is 0 Å². The van der Waals surface area contributed by atoms with Crippen LogP contribution in [0.25, 0.3) is 0 Å². The smallest absolute Gasteiger partial charge is 0.261 e. The minimum absolute atomic E-state index is 0.0506. The third-order valence-corrected chi connectivity index (χ3v) is 4.56. The molecule has 0 bridgehead atoms. The van der Waals surface area contributed by atoms with Gasteiger partial charge in [-0.25, -0.2) is 0 Å². The second-order valence-electron chi connectivity index (χ2n) is 5.79. The normalized spacial score (nSPS) is 11.8. The van der Waals surface area contributed by atoms with Gasteiger partial charge in [0.05, 0.1) is 0 Å². The molecule has 0 aliphatic carbocycles. The molecule has 0 heterocycles. The van der Waals surface area contributed by atoms with Gasteiger partial charge in [0.1, 0.15) is 5.75 Å². The van der Waals surface area contributed by atoms with E-state index in [0.29, 0.717) is 13.0 Å². The van der Waals surface area contributed by atoms with Gasteiger partial charge in [-0.15, -0.1) is 11.8 Å². The van der Waals surface area contributed by atoms with Gasteiger partial charge in [0.2, 0.25) is 0 Å². The number of hydrogen-bond acceptors (Lipinski definition) is 3. The van der Waals surface area contributed by atoms with Gasteiger partial charge in [0.15, 0.2) is 6.10 Å². The van der Waals surface area contributed by atoms with Crippen molar-refractivity contribution in [3.05, 3.63) is 59.7 Å². The number of aryl methyl sites for hydroxylation is 2. The summed E-state index contributed by atoms with van der Waals surface area (Å²) in [7, 11) is 0. The number of thioether (sulfide) groups is 1. The van der Waals surface area contributed by atoms with Crippen molar-refractivity contribution in [2.75, 3.05) is 12.3 Å². The predicted molar refractivity (Wildman–Crippen MR) is 101 cm³/mol. The molecule has 128 valence electrons. The molecule has 0 aliphatic rings. The molecule has 0 unspecified atom stereocenters. The minimum Gasteiger partial charge on any atom is -0.481 e. The number of carbonyl (C=O) groups excluding carboxylic acids is 1. The highest BCUT2D eigenvalue weighted by atomic mass is 32.2. The number of benzene rings is 2. The monoisotopic (exact) mass is 343 g/mol. The van der Waals surface area contributed by atoms with Crippen molar-refractivity contribution in [3.8, 4) is 5.75 Å². The van der Waals surface area contributed by atoms with Crippen LogP contribution in [0.15, 0.2) is 53.4 Å². The quantitative estimate of drug-likeness (QED) is 0.571. The van der Waals surface area contributed by atoms with E-state index in [1.165, 1.54) is 4.90 Å². The molecule has 1 N–H and O–H groups in total. The number of nitrogens with one attached hydrogen (secondary N) is 1. The Morgan fingerprint density at radius 3 is 2.42 bits per heavy atom. The van der Waals surface area contributed by atoms with Crippen LogP contribution in [0.1, 0.15) is 24.5 Å². The zero-order valence-corrected chi connectivity index (χ0v) is 15.4. The molecular formula is C20H25NO2S. The lowest BCUT2D eigenvalue weighted by Crippen LogP contribution is -2.39. The fourth-order valence-corrected chi connectivity index (χ4v) is 3.25. The molecule has 1 atom stereocenters. The maximum atomic E-state index is 12.3.